The smallest absolute Gasteiger partial charge is 0.287 e. The lowest BCUT2D eigenvalue weighted by Crippen LogP contribution is -2.48. The van der Waals surface area contributed by atoms with Gasteiger partial charge in [0.15, 0.2) is 11.7 Å². The normalized spacial score (nSPS) is 15.2. The summed E-state index contributed by atoms with van der Waals surface area (Å²) < 4.78 is 5.20. The van der Waals surface area contributed by atoms with E-state index >= 15 is 0 Å². The molecule has 0 radical (unpaired) electrons. The highest BCUT2D eigenvalue weighted by molar-refractivity contribution is 14.0. The Hall–Kier alpha value is -2.14. The molecule has 2 aromatic rings. The van der Waals surface area contributed by atoms with Gasteiger partial charge in [0.1, 0.15) is 0 Å². The number of nitrogens with zero attached hydrogens (tertiary/aromatic N) is 3. The highest BCUT2D eigenvalue weighted by Gasteiger charge is 2.20. The van der Waals surface area contributed by atoms with Crippen LogP contribution < -0.4 is 16.0 Å². The van der Waals surface area contributed by atoms with Gasteiger partial charge in [-0.05, 0) is 44.4 Å². The van der Waals surface area contributed by atoms with E-state index in [2.05, 4.69) is 36.9 Å². The predicted molar refractivity (Wildman–Crippen MR) is 133 cm³/mol. The van der Waals surface area contributed by atoms with Crippen molar-refractivity contribution in [2.45, 2.75) is 38.8 Å². The molecule has 0 unspecified atom stereocenters. The minimum Gasteiger partial charge on any atom is -0.459 e. The van der Waals surface area contributed by atoms with Crippen LogP contribution in [0.2, 0.25) is 0 Å². The molecule has 2 aromatic heterocycles. The van der Waals surface area contributed by atoms with Gasteiger partial charge < -0.3 is 20.4 Å². The molecule has 170 valence electrons. The van der Waals surface area contributed by atoms with Gasteiger partial charge in [-0.25, -0.2) is 0 Å². The van der Waals surface area contributed by atoms with Crippen LogP contribution in [0.5, 0.6) is 0 Å². The van der Waals surface area contributed by atoms with E-state index < -0.39 is 0 Å². The van der Waals surface area contributed by atoms with Crippen LogP contribution in [-0.2, 0) is 6.54 Å². The van der Waals surface area contributed by atoms with Gasteiger partial charge in [-0.2, -0.15) is 0 Å². The number of nitrogens with one attached hydrogen (secondary N) is 3. The molecule has 0 bridgehead atoms. The zero-order chi connectivity index (χ0) is 21.2. The molecule has 1 amide bonds. The minimum atomic E-state index is -0.169. The summed E-state index contributed by atoms with van der Waals surface area (Å²) in [6.45, 7) is 6.17. The maximum Gasteiger partial charge on any atom is 0.287 e. The van der Waals surface area contributed by atoms with E-state index in [1.807, 2.05) is 25.3 Å². The first-order valence-corrected chi connectivity index (χ1v) is 10.6. The quantitative estimate of drug-likeness (QED) is 0.206. The number of carbonyl (C=O) groups excluding carboxylic acids is 1. The molecule has 0 aliphatic carbocycles. The molecule has 9 heteroatoms. The fourth-order valence-corrected chi connectivity index (χ4v) is 3.53. The molecule has 0 saturated carbocycles. The summed E-state index contributed by atoms with van der Waals surface area (Å²) in [4.78, 5) is 23.2. The largest absolute Gasteiger partial charge is 0.459 e. The van der Waals surface area contributed by atoms with Crippen LogP contribution in [0, 0.1) is 6.92 Å². The first-order valence-electron chi connectivity index (χ1n) is 10.6. The molecule has 3 N–H and O–H groups in total. The predicted octanol–water partition coefficient (Wildman–Crippen LogP) is 2.55. The first kappa shape index (κ1) is 25.1. The van der Waals surface area contributed by atoms with Crippen LogP contribution in [0.1, 0.15) is 41.1 Å². The van der Waals surface area contributed by atoms with Crippen LogP contribution >= 0.6 is 24.0 Å². The van der Waals surface area contributed by atoms with Crippen molar-refractivity contribution >= 4 is 35.8 Å². The number of halogens is 1. The third kappa shape index (κ3) is 8.13. The van der Waals surface area contributed by atoms with Crippen molar-refractivity contribution in [1.29, 1.82) is 0 Å². The topological polar surface area (TPSA) is 94.8 Å². The highest BCUT2D eigenvalue weighted by atomic mass is 127. The zero-order valence-electron chi connectivity index (χ0n) is 18.3. The summed E-state index contributed by atoms with van der Waals surface area (Å²) in [6, 6.07) is 8.27. The van der Waals surface area contributed by atoms with Crippen molar-refractivity contribution in [1.82, 2.24) is 25.8 Å². The summed E-state index contributed by atoms with van der Waals surface area (Å²) in [5, 5.41) is 9.72. The van der Waals surface area contributed by atoms with Crippen molar-refractivity contribution in [2.24, 2.45) is 4.99 Å². The van der Waals surface area contributed by atoms with Crippen LogP contribution in [0.4, 0.5) is 0 Å². The number of pyridine rings is 1. The number of guanidine groups is 1. The lowest BCUT2D eigenvalue weighted by molar-refractivity contribution is 0.0925. The van der Waals surface area contributed by atoms with Gasteiger partial charge in [0.2, 0.25) is 0 Å². The number of aromatic nitrogens is 1. The molecular weight excluding hydrogens is 507 g/mol. The third-order valence-electron chi connectivity index (χ3n) is 5.26. The van der Waals surface area contributed by atoms with Gasteiger partial charge in [0.05, 0.1) is 12.0 Å². The second-order valence-corrected chi connectivity index (χ2v) is 7.56. The number of furan rings is 1. The van der Waals surface area contributed by atoms with E-state index in [0.29, 0.717) is 18.3 Å². The Bertz CT molecular complexity index is 818. The molecular formula is C22H33IN6O2. The van der Waals surface area contributed by atoms with E-state index in [-0.39, 0.29) is 29.9 Å². The summed E-state index contributed by atoms with van der Waals surface area (Å²) >= 11 is 0. The van der Waals surface area contributed by atoms with Gasteiger partial charge in [0, 0.05) is 57.6 Å². The average Bonchev–Trinajstić information content (AvgIpc) is 3.20. The second-order valence-electron chi connectivity index (χ2n) is 7.56. The molecule has 3 rings (SSSR count). The van der Waals surface area contributed by atoms with Gasteiger partial charge in [-0.15, -0.1) is 24.0 Å². The molecule has 8 nitrogen and oxygen atoms in total. The Balaban J connectivity index is 0.00000341. The van der Waals surface area contributed by atoms with E-state index in [0.717, 1.165) is 62.7 Å². The lowest BCUT2D eigenvalue weighted by Gasteiger charge is -2.32. The van der Waals surface area contributed by atoms with Crippen LogP contribution in [0.15, 0.2) is 46.1 Å². The van der Waals surface area contributed by atoms with Gasteiger partial charge in [0.25, 0.3) is 5.91 Å². The zero-order valence-corrected chi connectivity index (χ0v) is 20.6. The summed E-state index contributed by atoms with van der Waals surface area (Å²) in [6.07, 6.45) is 6.33. The lowest BCUT2D eigenvalue weighted by atomic mass is 10.0. The van der Waals surface area contributed by atoms with Gasteiger partial charge >= 0.3 is 0 Å². The van der Waals surface area contributed by atoms with Crippen molar-refractivity contribution in [3.05, 3.63) is 53.7 Å². The molecule has 3 heterocycles. The molecule has 1 aliphatic rings. The molecule has 31 heavy (non-hydrogen) atoms. The Kier molecular flexibility index (Phi) is 10.8. The Morgan fingerprint density at radius 1 is 1.23 bits per heavy atom. The molecule has 1 saturated heterocycles. The van der Waals surface area contributed by atoms with Crippen LogP contribution in [0.25, 0.3) is 0 Å². The van der Waals surface area contributed by atoms with Crippen molar-refractivity contribution in [3.63, 3.8) is 0 Å². The number of hydrogen-bond acceptors (Lipinski definition) is 5. The fourth-order valence-electron chi connectivity index (χ4n) is 3.53. The average molecular weight is 540 g/mol. The SMILES string of the molecule is CN=C(NCCCNC(=O)c1occc1C)NC1CCN(Cc2ccccn2)CC1.I. The number of likely N-dealkylation sites (tertiary alicyclic amines) is 1. The highest BCUT2D eigenvalue weighted by Crippen LogP contribution is 2.13. The van der Waals surface area contributed by atoms with E-state index in [1.165, 1.54) is 6.26 Å². The monoisotopic (exact) mass is 540 g/mol. The molecule has 0 spiro atoms. The van der Waals surface area contributed by atoms with Crippen molar-refractivity contribution in [2.75, 3.05) is 33.2 Å². The molecule has 1 aliphatic heterocycles. The van der Waals surface area contributed by atoms with Crippen LogP contribution in [-0.4, -0.2) is 61.0 Å². The standard InChI is InChI=1S/C22H32N6O2.HI/c1-17-9-15-30-20(17)21(29)25-11-5-12-26-22(23-2)27-18-7-13-28(14-8-18)16-19-6-3-4-10-24-19;/h3-4,6,9-10,15,18H,5,7-8,11-14,16H2,1-2H3,(H,25,29)(H2,23,26,27);1H. The Morgan fingerprint density at radius 3 is 2.65 bits per heavy atom. The minimum absolute atomic E-state index is 0. The van der Waals surface area contributed by atoms with Gasteiger partial charge in [-0.3, -0.25) is 19.7 Å². The summed E-state index contributed by atoms with van der Waals surface area (Å²) in [5.41, 5.74) is 1.97. The number of amides is 1. The summed E-state index contributed by atoms with van der Waals surface area (Å²) in [7, 11) is 1.78. The second kappa shape index (κ2) is 13.3. The number of rotatable bonds is 8. The molecule has 0 aromatic carbocycles. The van der Waals surface area contributed by atoms with E-state index in [1.54, 1.807) is 13.1 Å². The van der Waals surface area contributed by atoms with E-state index in [9.17, 15) is 4.79 Å². The number of carbonyl (C=O) groups is 1. The Morgan fingerprint density at radius 2 is 2.00 bits per heavy atom. The first-order chi connectivity index (χ1) is 14.7. The van der Waals surface area contributed by atoms with Crippen LogP contribution in [0.3, 0.4) is 0 Å². The maximum atomic E-state index is 12.0. The third-order valence-corrected chi connectivity index (χ3v) is 5.26. The number of hydrogen-bond donors (Lipinski definition) is 3. The summed E-state index contributed by atoms with van der Waals surface area (Å²) in [5.74, 6) is 1.03. The van der Waals surface area contributed by atoms with Crippen molar-refractivity contribution in [3.8, 4) is 0 Å². The molecule has 0 atom stereocenters. The number of aryl methyl sites for hydroxylation is 1. The Labute approximate surface area is 201 Å². The van der Waals surface area contributed by atoms with Gasteiger partial charge in [-0.1, -0.05) is 6.07 Å². The maximum absolute atomic E-state index is 12.0. The fraction of sp³-hybridized carbons (Fsp3) is 0.500. The van der Waals surface area contributed by atoms with E-state index in [4.69, 9.17) is 4.42 Å². The van der Waals surface area contributed by atoms with Crippen molar-refractivity contribution < 1.29 is 9.21 Å². The molecule has 1 fully saturated rings. The number of piperidine rings is 1. The number of aliphatic imine (C=N–C) groups is 1.